The predicted molar refractivity (Wildman–Crippen MR) is 84.4 cm³/mol. The molecule has 2 unspecified atom stereocenters. The fraction of sp³-hybridized carbons (Fsp3) is 0.600. The molecule has 2 aromatic heterocycles. The average molecular weight is 319 g/mol. The van der Waals surface area contributed by atoms with Crippen molar-refractivity contribution >= 4 is 11.3 Å². The zero-order chi connectivity index (χ0) is 15.1. The van der Waals surface area contributed by atoms with Crippen molar-refractivity contribution in [2.75, 3.05) is 20.1 Å². The molecule has 118 valence electrons. The molecule has 0 bridgehead atoms. The van der Waals surface area contributed by atoms with E-state index in [1.165, 1.54) is 5.56 Å². The van der Waals surface area contributed by atoms with Crippen LogP contribution in [0.25, 0.3) is 0 Å². The van der Waals surface area contributed by atoms with Crippen LogP contribution in [0.3, 0.4) is 0 Å². The van der Waals surface area contributed by atoms with E-state index in [9.17, 15) is 5.11 Å². The van der Waals surface area contributed by atoms with Crippen LogP contribution in [0.5, 0.6) is 0 Å². The van der Waals surface area contributed by atoms with E-state index in [2.05, 4.69) is 41.4 Å². The fourth-order valence-corrected chi connectivity index (χ4v) is 4.19. The zero-order valence-corrected chi connectivity index (χ0v) is 13.5. The topological polar surface area (TPSA) is 57.4 Å². The summed E-state index contributed by atoms with van der Waals surface area (Å²) < 4.78 is 2.25. The lowest BCUT2D eigenvalue weighted by Gasteiger charge is -2.28. The predicted octanol–water partition coefficient (Wildman–Crippen LogP) is 1.09. The normalized spacial score (nSPS) is 26.5. The second kappa shape index (κ2) is 5.73. The van der Waals surface area contributed by atoms with Crippen molar-refractivity contribution in [1.29, 1.82) is 0 Å². The Morgan fingerprint density at radius 2 is 2.27 bits per heavy atom. The third-order valence-corrected chi connectivity index (χ3v) is 5.40. The number of aliphatic hydroxyl groups excluding tert-OH is 1. The third-order valence-electron chi connectivity index (χ3n) is 4.67. The summed E-state index contributed by atoms with van der Waals surface area (Å²) in [5.74, 6) is 2.07. The highest BCUT2D eigenvalue weighted by Gasteiger charge is 2.34. The van der Waals surface area contributed by atoms with Crippen molar-refractivity contribution in [2.24, 2.45) is 0 Å². The highest BCUT2D eigenvalue weighted by Crippen LogP contribution is 2.31. The van der Waals surface area contributed by atoms with Gasteiger partial charge in [-0.2, -0.15) is 11.3 Å². The Kier molecular flexibility index (Phi) is 3.73. The van der Waals surface area contributed by atoms with Gasteiger partial charge in [-0.05, 0) is 35.9 Å². The highest BCUT2D eigenvalue weighted by molar-refractivity contribution is 7.07. The molecule has 2 atom stereocenters. The van der Waals surface area contributed by atoms with E-state index in [4.69, 9.17) is 0 Å². The van der Waals surface area contributed by atoms with E-state index in [0.717, 1.165) is 50.8 Å². The molecular weight excluding hydrogens is 298 g/mol. The SMILES string of the molecule is CN1CC(O)CC1c1nnc2n1CCN(Cc1ccsc1)C2. The summed E-state index contributed by atoms with van der Waals surface area (Å²) in [4.78, 5) is 4.60. The van der Waals surface area contributed by atoms with Crippen molar-refractivity contribution in [2.45, 2.75) is 38.2 Å². The molecule has 1 saturated heterocycles. The minimum Gasteiger partial charge on any atom is -0.392 e. The number of thiophene rings is 1. The molecule has 6 nitrogen and oxygen atoms in total. The molecule has 0 radical (unpaired) electrons. The largest absolute Gasteiger partial charge is 0.392 e. The van der Waals surface area contributed by atoms with E-state index >= 15 is 0 Å². The lowest BCUT2D eigenvalue weighted by molar-refractivity contribution is 0.182. The Balaban J connectivity index is 1.50. The monoisotopic (exact) mass is 319 g/mol. The van der Waals surface area contributed by atoms with Crippen molar-refractivity contribution < 1.29 is 5.11 Å². The van der Waals surface area contributed by atoms with Crippen LogP contribution in [0.2, 0.25) is 0 Å². The van der Waals surface area contributed by atoms with Crippen molar-refractivity contribution in [3.05, 3.63) is 34.0 Å². The standard InChI is InChI=1S/C15H21N5OS/c1-18-8-12(21)6-13(18)15-17-16-14-9-19(3-4-20(14)15)7-11-2-5-22-10-11/h2,5,10,12-13,21H,3-4,6-9H2,1H3. The van der Waals surface area contributed by atoms with Gasteiger partial charge in [-0.25, -0.2) is 0 Å². The molecular formula is C15H21N5OS. The van der Waals surface area contributed by atoms with Crippen molar-refractivity contribution in [3.8, 4) is 0 Å². The van der Waals surface area contributed by atoms with Gasteiger partial charge >= 0.3 is 0 Å². The van der Waals surface area contributed by atoms with Crippen molar-refractivity contribution in [1.82, 2.24) is 24.6 Å². The maximum Gasteiger partial charge on any atom is 0.150 e. The number of nitrogens with zero attached hydrogens (tertiary/aromatic N) is 5. The minimum atomic E-state index is -0.248. The molecule has 2 aliphatic rings. The molecule has 0 amide bonds. The summed E-state index contributed by atoms with van der Waals surface area (Å²) in [7, 11) is 2.05. The van der Waals surface area contributed by atoms with Crippen LogP contribution in [-0.2, 0) is 19.6 Å². The Labute approximate surface area is 134 Å². The number of aliphatic hydroxyl groups is 1. The zero-order valence-electron chi connectivity index (χ0n) is 12.7. The molecule has 1 fully saturated rings. The van der Waals surface area contributed by atoms with Crippen LogP contribution in [0, 0.1) is 0 Å². The first-order valence-electron chi connectivity index (χ1n) is 7.74. The van der Waals surface area contributed by atoms with Gasteiger partial charge in [0.05, 0.1) is 18.7 Å². The summed E-state index contributed by atoms with van der Waals surface area (Å²) in [6, 6.07) is 2.38. The molecule has 4 rings (SSSR count). The lowest BCUT2D eigenvalue weighted by atomic mass is 10.2. The molecule has 4 heterocycles. The minimum absolute atomic E-state index is 0.194. The van der Waals surface area contributed by atoms with Gasteiger partial charge < -0.3 is 9.67 Å². The van der Waals surface area contributed by atoms with Crippen LogP contribution in [0.4, 0.5) is 0 Å². The summed E-state index contributed by atoms with van der Waals surface area (Å²) in [5, 5.41) is 23.0. The van der Waals surface area contributed by atoms with Gasteiger partial charge in [-0.1, -0.05) is 0 Å². The van der Waals surface area contributed by atoms with E-state index < -0.39 is 0 Å². The lowest BCUT2D eigenvalue weighted by Crippen LogP contribution is -2.34. The van der Waals surface area contributed by atoms with Gasteiger partial charge in [-0.3, -0.25) is 9.80 Å². The molecule has 0 spiro atoms. The number of fused-ring (bicyclic) bond motifs is 1. The van der Waals surface area contributed by atoms with Gasteiger partial charge in [0.25, 0.3) is 0 Å². The summed E-state index contributed by atoms with van der Waals surface area (Å²) >= 11 is 1.75. The Bertz CT molecular complexity index is 640. The Morgan fingerprint density at radius 3 is 3.00 bits per heavy atom. The number of likely N-dealkylation sites (N-methyl/N-ethyl adjacent to an activating group) is 1. The maximum absolute atomic E-state index is 9.85. The van der Waals surface area contributed by atoms with Crippen LogP contribution >= 0.6 is 11.3 Å². The van der Waals surface area contributed by atoms with E-state index in [-0.39, 0.29) is 12.1 Å². The highest BCUT2D eigenvalue weighted by atomic mass is 32.1. The first-order chi connectivity index (χ1) is 10.7. The summed E-state index contributed by atoms with van der Waals surface area (Å²) in [6.07, 6.45) is 0.509. The van der Waals surface area contributed by atoms with Crippen LogP contribution in [0.15, 0.2) is 16.8 Å². The van der Waals surface area contributed by atoms with E-state index in [0.29, 0.717) is 0 Å². The molecule has 22 heavy (non-hydrogen) atoms. The third kappa shape index (κ3) is 2.58. The first-order valence-corrected chi connectivity index (χ1v) is 8.68. The van der Waals surface area contributed by atoms with Gasteiger partial charge in [0.15, 0.2) is 5.82 Å². The number of aromatic nitrogens is 3. The molecule has 0 aromatic carbocycles. The molecule has 7 heteroatoms. The quantitative estimate of drug-likeness (QED) is 0.918. The number of hydrogen-bond acceptors (Lipinski definition) is 6. The molecule has 1 N–H and O–H groups in total. The van der Waals surface area contributed by atoms with Gasteiger partial charge in [0.2, 0.25) is 0 Å². The smallest absolute Gasteiger partial charge is 0.150 e. The molecule has 2 aliphatic heterocycles. The fourth-order valence-electron chi connectivity index (χ4n) is 3.53. The van der Waals surface area contributed by atoms with E-state index in [1.54, 1.807) is 11.3 Å². The first kappa shape index (κ1) is 14.3. The number of likely N-dealkylation sites (tertiary alicyclic amines) is 1. The second-order valence-corrected chi connectivity index (χ2v) is 7.09. The molecule has 0 aliphatic carbocycles. The molecule has 0 saturated carbocycles. The maximum atomic E-state index is 9.85. The summed E-state index contributed by atoms with van der Waals surface area (Å²) in [5.41, 5.74) is 1.37. The average Bonchev–Trinajstić information content (AvgIpc) is 3.19. The van der Waals surface area contributed by atoms with Gasteiger partial charge in [0.1, 0.15) is 5.82 Å². The number of β-amino-alcohol motifs (C(OH)–C–C–N with tert-alkyl or cyclic N) is 1. The second-order valence-electron chi connectivity index (χ2n) is 6.31. The Morgan fingerprint density at radius 1 is 1.36 bits per heavy atom. The van der Waals surface area contributed by atoms with Crippen molar-refractivity contribution in [3.63, 3.8) is 0 Å². The number of rotatable bonds is 3. The number of hydrogen-bond donors (Lipinski definition) is 1. The van der Waals surface area contributed by atoms with Crippen LogP contribution in [0.1, 0.15) is 29.7 Å². The van der Waals surface area contributed by atoms with E-state index in [1.807, 2.05) is 7.05 Å². The Hall–Kier alpha value is -1.28. The van der Waals surface area contributed by atoms with Crippen LogP contribution < -0.4 is 0 Å². The summed E-state index contributed by atoms with van der Waals surface area (Å²) in [6.45, 7) is 4.50. The van der Waals surface area contributed by atoms with Gasteiger partial charge in [0, 0.05) is 26.2 Å². The van der Waals surface area contributed by atoms with Gasteiger partial charge in [-0.15, -0.1) is 10.2 Å². The molecule has 2 aromatic rings. The van der Waals surface area contributed by atoms with Crippen LogP contribution in [-0.4, -0.2) is 55.9 Å².